The van der Waals surface area contributed by atoms with Gasteiger partial charge in [0, 0.05) is 54.9 Å². The van der Waals surface area contributed by atoms with Crippen LogP contribution in [0.3, 0.4) is 0 Å². The predicted molar refractivity (Wildman–Crippen MR) is 113 cm³/mol. The molecular formula is C22H24N4O2S. The summed E-state index contributed by atoms with van der Waals surface area (Å²) >= 11 is 1.75. The summed E-state index contributed by atoms with van der Waals surface area (Å²) in [7, 11) is 0. The first-order chi connectivity index (χ1) is 14.2. The maximum absolute atomic E-state index is 13.0. The molecule has 0 saturated carbocycles. The van der Waals surface area contributed by atoms with E-state index in [9.17, 15) is 9.59 Å². The number of imidazole rings is 1. The predicted octanol–water partition coefficient (Wildman–Crippen LogP) is 3.27. The van der Waals surface area contributed by atoms with E-state index >= 15 is 0 Å². The van der Waals surface area contributed by atoms with Crippen molar-refractivity contribution in [3.05, 3.63) is 63.0 Å². The smallest absolute Gasteiger partial charge is 0.261 e. The quantitative estimate of drug-likeness (QED) is 0.704. The molecule has 2 aliphatic rings. The molecule has 7 heteroatoms. The molecule has 0 spiro atoms. The molecule has 0 unspecified atom stereocenters. The lowest BCUT2D eigenvalue weighted by molar-refractivity contribution is -0.134. The van der Waals surface area contributed by atoms with E-state index in [0.29, 0.717) is 36.8 Å². The Kier molecular flexibility index (Phi) is 4.83. The zero-order valence-corrected chi connectivity index (χ0v) is 17.0. The first-order valence-electron chi connectivity index (χ1n) is 10.2. The lowest BCUT2D eigenvalue weighted by atomic mass is 9.82. The molecule has 1 saturated heterocycles. The number of fused-ring (bicyclic) bond motifs is 4. The molecule has 1 N–H and O–H groups in total. The maximum Gasteiger partial charge on any atom is 0.261 e. The number of thiophene rings is 1. The SMILES string of the molecule is O=C(CCCc1cccs1)N1C[C@@H]2C[C@H](C1)c1ccc(-c3ncc[nH]3)c(=O)n1C2. The summed E-state index contributed by atoms with van der Waals surface area (Å²) in [5, 5.41) is 2.08. The molecule has 5 heterocycles. The molecule has 29 heavy (non-hydrogen) atoms. The number of carbonyl (C=O) groups excluding carboxylic acids is 1. The van der Waals surface area contributed by atoms with Gasteiger partial charge < -0.3 is 14.5 Å². The number of aromatic nitrogens is 3. The Morgan fingerprint density at radius 1 is 1.24 bits per heavy atom. The van der Waals surface area contributed by atoms with E-state index in [1.807, 2.05) is 21.6 Å². The van der Waals surface area contributed by atoms with Crippen LogP contribution in [-0.4, -0.2) is 38.4 Å². The monoisotopic (exact) mass is 408 g/mol. The Labute approximate surface area is 173 Å². The van der Waals surface area contributed by atoms with Crippen molar-refractivity contribution in [2.75, 3.05) is 13.1 Å². The molecule has 0 aliphatic carbocycles. The second-order valence-corrected chi connectivity index (χ2v) is 9.09. The molecule has 1 fully saturated rings. The highest BCUT2D eigenvalue weighted by atomic mass is 32.1. The van der Waals surface area contributed by atoms with Crippen LogP contribution in [-0.2, 0) is 17.8 Å². The molecule has 3 aromatic rings. The Morgan fingerprint density at radius 2 is 2.17 bits per heavy atom. The lowest BCUT2D eigenvalue weighted by Gasteiger charge is -2.43. The molecular weight excluding hydrogens is 384 g/mol. The van der Waals surface area contributed by atoms with E-state index in [1.54, 1.807) is 23.7 Å². The van der Waals surface area contributed by atoms with E-state index in [2.05, 4.69) is 27.5 Å². The number of likely N-dealkylation sites (tertiary alicyclic amines) is 1. The van der Waals surface area contributed by atoms with E-state index in [1.165, 1.54) is 4.88 Å². The van der Waals surface area contributed by atoms with Crippen LogP contribution in [0, 0.1) is 5.92 Å². The fourth-order valence-corrected chi connectivity index (χ4v) is 5.52. The van der Waals surface area contributed by atoms with E-state index in [0.717, 1.165) is 31.5 Å². The van der Waals surface area contributed by atoms with Gasteiger partial charge in [-0.3, -0.25) is 9.59 Å². The third-order valence-electron chi connectivity index (χ3n) is 6.10. The number of pyridine rings is 1. The Balaban J connectivity index is 1.30. The first-order valence-corrected chi connectivity index (χ1v) is 11.1. The van der Waals surface area contributed by atoms with Gasteiger partial charge in [0.05, 0.1) is 5.56 Å². The summed E-state index contributed by atoms with van der Waals surface area (Å²) < 4.78 is 1.91. The molecule has 2 bridgehead atoms. The molecule has 5 rings (SSSR count). The number of aromatic amines is 1. The number of H-pyrrole nitrogens is 1. The van der Waals surface area contributed by atoms with E-state index in [-0.39, 0.29) is 17.4 Å². The van der Waals surface area contributed by atoms with Crippen LogP contribution in [0.15, 0.2) is 46.8 Å². The summed E-state index contributed by atoms with van der Waals surface area (Å²) in [5.41, 5.74) is 1.68. The molecule has 1 amide bonds. The van der Waals surface area contributed by atoms with Crippen molar-refractivity contribution in [3.63, 3.8) is 0 Å². The van der Waals surface area contributed by atoms with Gasteiger partial charge in [0.15, 0.2) is 0 Å². The zero-order chi connectivity index (χ0) is 19.8. The van der Waals surface area contributed by atoms with Crippen molar-refractivity contribution in [1.29, 1.82) is 0 Å². The molecule has 2 aliphatic heterocycles. The van der Waals surface area contributed by atoms with Gasteiger partial charge >= 0.3 is 0 Å². The van der Waals surface area contributed by atoms with Gasteiger partial charge in [-0.2, -0.15) is 0 Å². The minimum absolute atomic E-state index is 0.0166. The summed E-state index contributed by atoms with van der Waals surface area (Å²) in [6.07, 6.45) is 6.91. The van der Waals surface area contributed by atoms with Gasteiger partial charge in [0.25, 0.3) is 5.56 Å². The number of hydrogen-bond donors (Lipinski definition) is 1. The number of hydrogen-bond acceptors (Lipinski definition) is 4. The largest absolute Gasteiger partial charge is 0.344 e. The highest BCUT2D eigenvalue weighted by Crippen LogP contribution is 2.36. The van der Waals surface area contributed by atoms with Crippen LogP contribution in [0.25, 0.3) is 11.4 Å². The minimum atomic E-state index is 0.0166. The van der Waals surface area contributed by atoms with Crippen LogP contribution in [0.4, 0.5) is 0 Å². The van der Waals surface area contributed by atoms with Crippen molar-refractivity contribution in [3.8, 4) is 11.4 Å². The molecule has 0 radical (unpaired) electrons. The van der Waals surface area contributed by atoms with Gasteiger partial charge in [0.2, 0.25) is 5.91 Å². The van der Waals surface area contributed by atoms with E-state index in [4.69, 9.17) is 0 Å². The number of carbonyl (C=O) groups is 1. The topological polar surface area (TPSA) is 71.0 Å². The highest BCUT2D eigenvalue weighted by molar-refractivity contribution is 7.09. The second kappa shape index (κ2) is 7.63. The summed E-state index contributed by atoms with van der Waals surface area (Å²) in [6.45, 7) is 2.15. The molecule has 6 nitrogen and oxygen atoms in total. The number of piperidine rings is 1. The number of nitrogens with zero attached hydrogens (tertiary/aromatic N) is 3. The Morgan fingerprint density at radius 3 is 2.97 bits per heavy atom. The van der Waals surface area contributed by atoms with Crippen LogP contribution in [0.5, 0.6) is 0 Å². The average Bonchev–Trinajstić information content (AvgIpc) is 3.43. The Hall–Kier alpha value is -2.67. The average molecular weight is 409 g/mol. The van der Waals surface area contributed by atoms with Gasteiger partial charge in [-0.25, -0.2) is 4.98 Å². The normalized spacial score (nSPS) is 20.5. The summed E-state index contributed by atoms with van der Waals surface area (Å²) in [4.78, 5) is 36.5. The fourth-order valence-electron chi connectivity index (χ4n) is 4.77. The summed E-state index contributed by atoms with van der Waals surface area (Å²) in [6, 6.07) is 8.11. The standard InChI is InChI=1S/C22H24N4O2S/c27-20(5-1-3-17-4-2-10-29-17)25-12-15-11-16(14-25)19-7-6-18(21-23-8-9-24-21)22(28)26(19)13-15/h2,4,6-10,15-16H,1,3,5,11-14H2,(H,23,24)/t15-,16+/m0/s1. The van der Waals surface area contributed by atoms with E-state index < -0.39 is 0 Å². The summed E-state index contributed by atoms with van der Waals surface area (Å²) in [5.74, 6) is 1.44. The van der Waals surface area contributed by atoms with Crippen LogP contribution < -0.4 is 5.56 Å². The van der Waals surface area contributed by atoms with Gasteiger partial charge in [-0.05, 0) is 48.8 Å². The van der Waals surface area contributed by atoms with Crippen molar-refractivity contribution < 1.29 is 4.79 Å². The third kappa shape index (κ3) is 3.55. The number of aryl methyl sites for hydroxylation is 1. The van der Waals surface area contributed by atoms with Crippen LogP contribution in [0.1, 0.15) is 35.8 Å². The Bertz CT molecular complexity index is 1060. The first kappa shape index (κ1) is 18.4. The number of rotatable bonds is 5. The second-order valence-electron chi connectivity index (χ2n) is 8.06. The van der Waals surface area contributed by atoms with Gasteiger partial charge in [-0.1, -0.05) is 6.07 Å². The fraction of sp³-hybridized carbons (Fsp3) is 0.409. The molecule has 3 aromatic heterocycles. The third-order valence-corrected chi connectivity index (χ3v) is 7.04. The van der Waals surface area contributed by atoms with Crippen molar-refractivity contribution in [2.45, 2.75) is 38.1 Å². The molecule has 2 atom stereocenters. The van der Waals surface area contributed by atoms with Crippen LogP contribution >= 0.6 is 11.3 Å². The van der Waals surface area contributed by atoms with Crippen molar-refractivity contribution in [1.82, 2.24) is 19.4 Å². The van der Waals surface area contributed by atoms with Crippen molar-refractivity contribution in [2.24, 2.45) is 5.92 Å². The lowest BCUT2D eigenvalue weighted by Crippen LogP contribution is -2.49. The van der Waals surface area contributed by atoms with Crippen molar-refractivity contribution >= 4 is 17.2 Å². The molecule has 0 aromatic carbocycles. The molecule has 150 valence electrons. The minimum Gasteiger partial charge on any atom is -0.344 e. The van der Waals surface area contributed by atoms with Gasteiger partial charge in [-0.15, -0.1) is 11.3 Å². The highest BCUT2D eigenvalue weighted by Gasteiger charge is 2.36. The zero-order valence-electron chi connectivity index (χ0n) is 16.2. The van der Waals surface area contributed by atoms with Crippen LogP contribution in [0.2, 0.25) is 0 Å². The van der Waals surface area contributed by atoms with Gasteiger partial charge in [0.1, 0.15) is 5.82 Å². The number of nitrogens with one attached hydrogen (secondary N) is 1. The number of amides is 1. The maximum atomic E-state index is 13.0.